The van der Waals surface area contributed by atoms with Gasteiger partial charge in [0.2, 0.25) is 0 Å². The summed E-state index contributed by atoms with van der Waals surface area (Å²) < 4.78 is 6.64. The lowest BCUT2D eigenvalue weighted by atomic mass is 9.99. The quantitative estimate of drug-likeness (QED) is 0.323. The molecular weight excluding hydrogens is 397 g/mol. The highest BCUT2D eigenvalue weighted by Gasteiger charge is 2.09. The molecule has 0 atom stereocenters. The average Bonchev–Trinajstić information content (AvgIpc) is 2.60. The third-order valence-electron chi connectivity index (χ3n) is 3.71. The van der Waals surface area contributed by atoms with Crippen LogP contribution in [-0.4, -0.2) is 7.11 Å². The van der Waals surface area contributed by atoms with Crippen molar-refractivity contribution in [2.45, 2.75) is 0 Å². The van der Waals surface area contributed by atoms with Crippen molar-refractivity contribution in [3.8, 4) is 11.8 Å². The number of benzene rings is 3. The lowest BCUT2D eigenvalue weighted by Gasteiger charge is -2.10. The Hall–Kier alpha value is -2.32. The van der Waals surface area contributed by atoms with Crippen LogP contribution < -0.4 is 4.74 Å². The molecule has 0 radical (unpaired) electrons. The van der Waals surface area contributed by atoms with Crippen LogP contribution in [0.3, 0.4) is 0 Å². The van der Waals surface area contributed by atoms with Crippen LogP contribution in [0.25, 0.3) is 22.4 Å². The standard InChI is InChI=1S/C20H14INO/c1-23-20-11-8-15-4-2-3-5-18(15)19(20)12-16(13-22)14-6-9-17(21)10-7-14/h2-12H,1H3/b16-12+. The predicted octanol–water partition coefficient (Wildman–Crippen LogP) is 5.52. The summed E-state index contributed by atoms with van der Waals surface area (Å²) >= 11 is 2.26. The number of hydrogen-bond donors (Lipinski definition) is 0. The van der Waals surface area contributed by atoms with Crippen LogP contribution in [0.2, 0.25) is 0 Å². The summed E-state index contributed by atoms with van der Waals surface area (Å²) in [6.45, 7) is 0. The van der Waals surface area contributed by atoms with Crippen molar-refractivity contribution in [1.29, 1.82) is 5.26 Å². The average molecular weight is 411 g/mol. The summed E-state index contributed by atoms with van der Waals surface area (Å²) in [7, 11) is 1.65. The third-order valence-corrected chi connectivity index (χ3v) is 4.43. The molecule has 0 heterocycles. The number of rotatable bonds is 3. The van der Waals surface area contributed by atoms with E-state index in [0.29, 0.717) is 5.57 Å². The van der Waals surface area contributed by atoms with Crippen LogP contribution in [-0.2, 0) is 0 Å². The van der Waals surface area contributed by atoms with E-state index >= 15 is 0 Å². The summed E-state index contributed by atoms with van der Waals surface area (Å²) in [5, 5.41) is 11.8. The van der Waals surface area contributed by atoms with E-state index in [2.05, 4.69) is 34.7 Å². The Morgan fingerprint density at radius 3 is 2.48 bits per heavy atom. The maximum Gasteiger partial charge on any atom is 0.126 e. The summed E-state index contributed by atoms with van der Waals surface area (Å²) in [6.07, 6.45) is 1.91. The topological polar surface area (TPSA) is 33.0 Å². The molecular formula is C20H14INO. The number of nitriles is 1. The van der Waals surface area contributed by atoms with Crippen molar-refractivity contribution in [3.05, 3.63) is 75.4 Å². The van der Waals surface area contributed by atoms with Gasteiger partial charge in [-0.3, -0.25) is 0 Å². The molecule has 0 unspecified atom stereocenters. The highest BCUT2D eigenvalue weighted by molar-refractivity contribution is 14.1. The zero-order chi connectivity index (χ0) is 16.2. The molecule has 0 aliphatic heterocycles. The van der Waals surface area contributed by atoms with Gasteiger partial charge < -0.3 is 4.74 Å². The zero-order valence-corrected chi connectivity index (χ0v) is 14.7. The van der Waals surface area contributed by atoms with Crippen LogP contribution in [0.15, 0.2) is 60.7 Å². The molecule has 0 fully saturated rings. The summed E-state index contributed by atoms with van der Waals surface area (Å²) in [5.41, 5.74) is 2.46. The Labute approximate surface area is 149 Å². The van der Waals surface area contributed by atoms with E-state index in [0.717, 1.165) is 31.2 Å². The minimum atomic E-state index is 0.621. The Bertz CT molecular complexity index is 921. The molecule has 0 saturated heterocycles. The Balaban J connectivity index is 2.22. The Morgan fingerprint density at radius 1 is 1.04 bits per heavy atom. The molecule has 0 aliphatic carbocycles. The van der Waals surface area contributed by atoms with Crippen molar-refractivity contribution in [2.24, 2.45) is 0 Å². The van der Waals surface area contributed by atoms with Gasteiger partial charge in [0.15, 0.2) is 0 Å². The highest BCUT2D eigenvalue weighted by atomic mass is 127. The second kappa shape index (κ2) is 6.84. The summed E-state index contributed by atoms with van der Waals surface area (Å²) in [4.78, 5) is 0. The minimum Gasteiger partial charge on any atom is -0.496 e. The van der Waals surface area contributed by atoms with E-state index < -0.39 is 0 Å². The first-order valence-corrected chi connectivity index (χ1v) is 8.24. The molecule has 0 N–H and O–H groups in total. The van der Waals surface area contributed by atoms with E-state index in [9.17, 15) is 5.26 Å². The number of fused-ring (bicyclic) bond motifs is 1. The van der Waals surface area contributed by atoms with Gasteiger partial charge in [0.05, 0.1) is 18.8 Å². The molecule has 0 spiro atoms. The van der Waals surface area contributed by atoms with E-state index in [-0.39, 0.29) is 0 Å². The second-order valence-electron chi connectivity index (χ2n) is 5.08. The molecule has 3 aromatic rings. The fourth-order valence-electron chi connectivity index (χ4n) is 2.56. The van der Waals surface area contributed by atoms with Gasteiger partial charge in [0, 0.05) is 9.13 Å². The predicted molar refractivity (Wildman–Crippen MR) is 103 cm³/mol. The van der Waals surface area contributed by atoms with Gasteiger partial charge in [0.25, 0.3) is 0 Å². The van der Waals surface area contributed by atoms with Crippen molar-refractivity contribution in [3.63, 3.8) is 0 Å². The number of halogens is 1. The van der Waals surface area contributed by atoms with Crippen molar-refractivity contribution >= 4 is 45.0 Å². The lowest BCUT2D eigenvalue weighted by molar-refractivity contribution is 0.414. The van der Waals surface area contributed by atoms with E-state index in [1.807, 2.05) is 60.7 Å². The maximum absolute atomic E-state index is 9.58. The molecule has 0 aromatic heterocycles. The van der Waals surface area contributed by atoms with Crippen molar-refractivity contribution in [1.82, 2.24) is 0 Å². The van der Waals surface area contributed by atoms with Crippen LogP contribution in [0.4, 0.5) is 0 Å². The van der Waals surface area contributed by atoms with Crippen molar-refractivity contribution < 1.29 is 4.74 Å². The largest absolute Gasteiger partial charge is 0.496 e. The first-order chi connectivity index (χ1) is 11.2. The second-order valence-corrected chi connectivity index (χ2v) is 6.32. The maximum atomic E-state index is 9.58. The van der Waals surface area contributed by atoms with E-state index in [1.165, 1.54) is 0 Å². The van der Waals surface area contributed by atoms with Crippen molar-refractivity contribution in [2.75, 3.05) is 7.11 Å². The van der Waals surface area contributed by atoms with Crippen LogP contribution in [0, 0.1) is 14.9 Å². The molecule has 3 heteroatoms. The molecule has 23 heavy (non-hydrogen) atoms. The summed E-state index contributed by atoms with van der Waals surface area (Å²) in [6, 6.07) is 22.3. The monoisotopic (exact) mass is 411 g/mol. The van der Waals surface area contributed by atoms with Crippen LogP contribution in [0.5, 0.6) is 5.75 Å². The molecule has 2 nitrogen and oxygen atoms in total. The minimum absolute atomic E-state index is 0.621. The molecule has 0 saturated carbocycles. The Morgan fingerprint density at radius 2 is 1.78 bits per heavy atom. The smallest absolute Gasteiger partial charge is 0.126 e. The van der Waals surface area contributed by atoms with E-state index in [1.54, 1.807) is 7.11 Å². The van der Waals surface area contributed by atoms with Gasteiger partial charge in [0.1, 0.15) is 5.75 Å². The first-order valence-electron chi connectivity index (χ1n) is 7.16. The van der Waals surface area contributed by atoms with Gasteiger partial charge in [-0.15, -0.1) is 0 Å². The molecule has 0 bridgehead atoms. The molecule has 3 aromatic carbocycles. The lowest BCUT2D eigenvalue weighted by Crippen LogP contribution is -1.90. The molecule has 3 rings (SSSR count). The van der Waals surface area contributed by atoms with Gasteiger partial charge in [-0.25, -0.2) is 0 Å². The third kappa shape index (κ3) is 3.22. The van der Waals surface area contributed by atoms with Gasteiger partial charge in [-0.1, -0.05) is 42.5 Å². The van der Waals surface area contributed by atoms with Gasteiger partial charge in [-0.2, -0.15) is 5.26 Å². The fraction of sp³-hybridized carbons (Fsp3) is 0.0500. The zero-order valence-electron chi connectivity index (χ0n) is 12.6. The fourth-order valence-corrected chi connectivity index (χ4v) is 2.92. The number of ether oxygens (including phenoxy) is 1. The van der Waals surface area contributed by atoms with Crippen LogP contribution >= 0.6 is 22.6 Å². The van der Waals surface area contributed by atoms with E-state index in [4.69, 9.17) is 4.74 Å². The SMILES string of the molecule is COc1ccc2ccccc2c1/C=C(\C#N)c1ccc(I)cc1. The highest BCUT2D eigenvalue weighted by Crippen LogP contribution is 2.31. The molecule has 0 aliphatic rings. The van der Waals surface area contributed by atoms with Gasteiger partial charge >= 0.3 is 0 Å². The Kier molecular flexibility index (Phi) is 4.63. The number of allylic oxidation sites excluding steroid dienone is 1. The summed E-state index contributed by atoms with van der Waals surface area (Å²) in [5.74, 6) is 0.766. The molecule has 0 amide bonds. The number of methoxy groups -OCH3 is 1. The normalized spacial score (nSPS) is 11.3. The first kappa shape index (κ1) is 15.6. The van der Waals surface area contributed by atoms with Crippen LogP contribution in [0.1, 0.15) is 11.1 Å². The van der Waals surface area contributed by atoms with Gasteiger partial charge in [-0.05, 0) is 63.2 Å². The molecule has 112 valence electrons. The number of nitrogens with zero attached hydrogens (tertiary/aromatic N) is 1. The number of hydrogen-bond acceptors (Lipinski definition) is 2.